The summed E-state index contributed by atoms with van der Waals surface area (Å²) in [5.41, 5.74) is 0.466. The van der Waals surface area contributed by atoms with Crippen molar-refractivity contribution in [3.05, 3.63) is 28.5 Å². The summed E-state index contributed by atoms with van der Waals surface area (Å²) in [5, 5.41) is 6.06. The topological polar surface area (TPSA) is 93.2 Å². The van der Waals surface area contributed by atoms with E-state index in [9.17, 15) is 9.59 Å². The zero-order valence-electron chi connectivity index (χ0n) is 11.8. The molecule has 1 aromatic carbocycles. The van der Waals surface area contributed by atoms with Crippen molar-refractivity contribution in [2.45, 2.75) is 18.9 Å². The smallest absolute Gasteiger partial charge is 0.321 e. The van der Waals surface area contributed by atoms with Crippen molar-refractivity contribution < 1.29 is 14.3 Å². The third-order valence-corrected chi connectivity index (χ3v) is 3.63. The Hall–Kier alpha value is -2.12. The van der Waals surface area contributed by atoms with E-state index in [0.717, 1.165) is 12.8 Å². The van der Waals surface area contributed by atoms with Crippen molar-refractivity contribution in [2.24, 2.45) is 0 Å². The quantitative estimate of drug-likeness (QED) is 0.878. The third-order valence-electron chi connectivity index (χ3n) is 3.13. The van der Waals surface area contributed by atoms with E-state index in [2.05, 4.69) is 20.6 Å². The van der Waals surface area contributed by atoms with Crippen LogP contribution in [0.15, 0.2) is 18.5 Å². The molecule has 0 saturated heterocycles. The highest BCUT2D eigenvalue weighted by atomic mass is 35.5. The van der Waals surface area contributed by atoms with E-state index in [-0.39, 0.29) is 18.5 Å². The molecular formula is C14H12Cl2N4O3. The molecule has 1 saturated carbocycles. The zero-order chi connectivity index (χ0) is 16.4. The van der Waals surface area contributed by atoms with Gasteiger partial charge < -0.3 is 10.1 Å². The number of halogens is 2. The summed E-state index contributed by atoms with van der Waals surface area (Å²) < 4.78 is 5.35. The molecule has 1 aliphatic carbocycles. The highest BCUT2D eigenvalue weighted by Crippen LogP contribution is 2.30. The van der Waals surface area contributed by atoms with Crippen LogP contribution in [0.4, 0.5) is 4.79 Å². The molecule has 1 aliphatic rings. The fourth-order valence-electron chi connectivity index (χ4n) is 1.93. The molecule has 2 aromatic rings. The average Bonchev–Trinajstić information content (AvgIpc) is 3.28. The van der Waals surface area contributed by atoms with E-state index < -0.39 is 11.9 Å². The van der Waals surface area contributed by atoms with E-state index in [1.54, 1.807) is 12.1 Å². The number of hydrogen-bond acceptors (Lipinski definition) is 5. The Morgan fingerprint density at radius 1 is 1.26 bits per heavy atom. The van der Waals surface area contributed by atoms with Crippen molar-refractivity contribution in [1.82, 2.24) is 20.6 Å². The van der Waals surface area contributed by atoms with Gasteiger partial charge in [0.15, 0.2) is 6.61 Å². The van der Waals surface area contributed by atoms with Crippen molar-refractivity contribution in [1.29, 1.82) is 0 Å². The number of amides is 3. The van der Waals surface area contributed by atoms with Gasteiger partial charge in [-0.15, -0.1) is 0 Å². The monoisotopic (exact) mass is 354 g/mol. The van der Waals surface area contributed by atoms with Crippen molar-refractivity contribution in [3.8, 4) is 5.88 Å². The Morgan fingerprint density at radius 2 is 2.04 bits per heavy atom. The van der Waals surface area contributed by atoms with E-state index in [1.165, 1.54) is 6.33 Å². The molecule has 2 N–H and O–H groups in total. The molecule has 0 bridgehead atoms. The second-order valence-electron chi connectivity index (χ2n) is 5.05. The van der Waals surface area contributed by atoms with Gasteiger partial charge in [0.05, 0.1) is 15.9 Å². The number of hydrogen-bond donors (Lipinski definition) is 2. The molecule has 0 aliphatic heterocycles. The predicted molar refractivity (Wildman–Crippen MR) is 84.7 cm³/mol. The number of nitrogens with zero attached hydrogens (tertiary/aromatic N) is 2. The number of urea groups is 1. The van der Waals surface area contributed by atoms with Crippen LogP contribution in [0.3, 0.4) is 0 Å². The standard InChI is InChI=1S/C14H12Cl2N4O3/c15-7-3-9-12(10(16)4-7)17-6-18-13(9)23-5-11(21)20-14(22)19-8-1-2-8/h3-4,6,8H,1-2,5H2,(H2,19,20,21,22). The number of carbonyl (C=O) groups is 2. The van der Waals surface area contributed by atoms with Gasteiger partial charge in [-0.25, -0.2) is 14.8 Å². The molecule has 1 heterocycles. The minimum Gasteiger partial charge on any atom is -0.467 e. The molecule has 3 amide bonds. The second-order valence-corrected chi connectivity index (χ2v) is 5.89. The fraction of sp³-hybridized carbons (Fsp3) is 0.286. The summed E-state index contributed by atoms with van der Waals surface area (Å²) >= 11 is 12.0. The maximum atomic E-state index is 11.7. The van der Waals surface area contributed by atoms with Crippen LogP contribution < -0.4 is 15.4 Å². The summed E-state index contributed by atoms with van der Waals surface area (Å²) in [6.45, 7) is -0.367. The Labute approximate surface area is 141 Å². The lowest BCUT2D eigenvalue weighted by molar-refractivity contribution is -0.122. The second kappa shape index (κ2) is 6.55. The average molecular weight is 355 g/mol. The Morgan fingerprint density at radius 3 is 2.78 bits per heavy atom. The van der Waals surface area contributed by atoms with Crippen molar-refractivity contribution in [2.75, 3.05) is 6.61 Å². The fourth-order valence-corrected chi connectivity index (χ4v) is 2.47. The van der Waals surface area contributed by atoms with Crippen LogP contribution in [-0.2, 0) is 4.79 Å². The number of rotatable bonds is 4. The first-order valence-electron chi connectivity index (χ1n) is 6.86. The first kappa shape index (κ1) is 15.8. The highest BCUT2D eigenvalue weighted by Gasteiger charge is 2.24. The molecule has 0 spiro atoms. The number of benzene rings is 1. The Kier molecular flexibility index (Phi) is 4.49. The largest absolute Gasteiger partial charge is 0.467 e. The van der Waals surface area contributed by atoms with Crippen molar-refractivity contribution >= 4 is 46.0 Å². The van der Waals surface area contributed by atoms with E-state index in [4.69, 9.17) is 27.9 Å². The SMILES string of the molecule is O=C(COc1ncnc2c(Cl)cc(Cl)cc12)NC(=O)NC1CC1. The summed E-state index contributed by atoms with van der Waals surface area (Å²) in [5.74, 6) is -0.416. The van der Waals surface area contributed by atoms with Crippen LogP contribution in [0, 0.1) is 0 Å². The lowest BCUT2D eigenvalue weighted by atomic mass is 10.2. The zero-order valence-corrected chi connectivity index (χ0v) is 13.3. The minimum atomic E-state index is -0.581. The molecular weight excluding hydrogens is 343 g/mol. The molecule has 1 fully saturated rings. The number of imide groups is 1. The van der Waals surface area contributed by atoms with Crippen LogP contribution in [0.2, 0.25) is 10.0 Å². The van der Waals surface area contributed by atoms with Crippen LogP contribution >= 0.6 is 23.2 Å². The van der Waals surface area contributed by atoms with Gasteiger partial charge in [-0.3, -0.25) is 10.1 Å². The van der Waals surface area contributed by atoms with Gasteiger partial charge >= 0.3 is 6.03 Å². The Balaban J connectivity index is 1.66. The van der Waals surface area contributed by atoms with E-state index in [0.29, 0.717) is 20.9 Å². The Bertz CT molecular complexity index is 780. The van der Waals surface area contributed by atoms with Gasteiger partial charge in [0.25, 0.3) is 5.91 Å². The number of ether oxygens (including phenoxy) is 1. The van der Waals surface area contributed by atoms with Gasteiger partial charge in [0.2, 0.25) is 5.88 Å². The van der Waals surface area contributed by atoms with Crippen LogP contribution in [0.25, 0.3) is 10.9 Å². The maximum absolute atomic E-state index is 11.7. The lowest BCUT2D eigenvalue weighted by Crippen LogP contribution is -2.42. The maximum Gasteiger partial charge on any atom is 0.321 e. The molecule has 0 radical (unpaired) electrons. The van der Waals surface area contributed by atoms with Crippen LogP contribution in [0.5, 0.6) is 5.88 Å². The van der Waals surface area contributed by atoms with Gasteiger partial charge in [0, 0.05) is 11.1 Å². The normalized spacial score (nSPS) is 13.7. The highest BCUT2D eigenvalue weighted by molar-refractivity contribution is 6.38. The number of aromatic nitrogens is 2. The van der Waals surface area contributed by atoms with E-state index >= 15 is 0 Å². The first-order chi connectivity index (χ1) is 11.0. The molecule has 23 heavy (non-hydrogen) atoms. The van der Waals surface area contributed by atoms with Crippen LogP contribution in [-0.4, -0.2) is 34.6 Å². The van der Waals surface area contributed by atoms with Gasteiger partial charge in [-0.1, -0.05) is 23.2 Å². The van der Waals surface area contributed by atoms with Crippen LogP contribution in [0.1, 0.15) is 12.8 Å². The minimum absolute atomic E-state index is 0.164. The molecule has 3 rings (SSSR count). The first-order valence-corrected chi connectivity index (χ1v) is 7.61. The molecule has 1 aromatic heterocycles. The summed E-state index contributed by atoms with van der Waals surface area (Å²) in [6, 6.07) is 2.78. The van der Waals surface area contributed by atoms with Gasteiger partial charge in [-0.2, -0.15) is 0 Å². The molecule has 0 unspecified atom stereocenters. The third kappa shape index (κ3) is 4.00. The summed E-state index contributed by atoms with van der Waals surface area (Å²) in [7, 11) is 0. The molecule has 7 nitrogen and oxygen atoms in total. The lowest BCUT2D eigenvalue weighted by Gasteiger charge is -2.09. The number of fused-ring (bicyclic) bond motifs is 1. The number of nitrogens with one attached hydrogen (secondary N) is 2. The van der Waals surface area contributed by atoms with Gasteiger partial charge in [0.1, 0.15) is 6.33 Å². The van der Waals surface area contributed by atoms with E-state index in [1.807, 2.05) is 0 Å². The van der Waals surface area contributed by atoms with Gasteiger partial charge in [-0.05, 0) is 25.0 Å². The molecule has 9 heteroatoms. The van der Waals surface area contributed by atoms with Crippen molar-refractivity contribution in [3.63, 3.8) is 0 Å². The number of carbonyl (C=O) groups excluding carboxylic acids is 2. The molecule has 120 valence electrons. The summed E-state index contributed by atoms with van der Waals surface area (Å²) in [4.78, 5) is 31.2. The predicted octanol–water partition coefficient (Wildman–Crippen LogP) is 2.30. The molecule has 0 atom stereocenters. The summed E-state index contributed by atoms with van der Waals surface area (Å²) in [6.07, 6.45) is 3.15.